The van der Waals surface area contributed by atoms with E-state index in [1.807, 2.05) is 30.3 Å². The van der Waals surface area contributed by atoms with Crippen LogP contribution in [-0.4, -0.2) is 29.1 Å². The van der Waals surface area contributed by atoms with Crippen molar-refractivity contribution < 1.29 is 9.52 Å². The summed E-state index contributed by atoms with van der Waals surface area (Å²) in [4.78, 5) is 2.38. The molecular formula is C17H23NO2. The Hall–Kier alpha value is -1.32. The van der Waals surface area contributed by atoms with Gasteiger partial charge in [-0.15, -0.1) is 0 Å². The van der Waals surface area contributed by atoms with E-state index in [0.29, 0.717) is 24.3 Å². The van der Waals surface area contributed by atoms with Crippen molar-refractivity contribution in [3.05, 3.63) is 36.1 Å². The number of hydrogen-bond acceptors (Lipinski definition) is 3. The monoisotopic (exact) mass is 273 g/mol. The Labute approximate surface area is 120 Å². The minimum atomic E-state index is -0.546. The molecular weight excluding hydrogens is 250 g/mol. The van der Waals surface area contributed by atoms with E-state index in [1.165, 1.54) is 12.8 Å². The van der Waals surface area contributed by atoms with Crippen LogP contribution in [0.4, 0.5) is 0 Å². The first kappa shape index (κ1) is 13.7. The van der Waals surface area contributed by atoms with Crippen molar-refractivity contribution in [1.29, 1.82) is 0 Å². The Morgan fingerprint density at radius 1 is 1.30 bits per heavy atom. The topological polar surface area (TPSA) is 36.6 Å². The molecule has 0 saturated carbocycles. The van der Waals surface area contributed by atoms with Crippen molar-refractivity contribution in [3.63, 3.8) is 0 Å². The van der Waals surface area contributed by atoms with Crippen molar-refractivity contribution in [2.45, 2.75) is 38.8 Å². The lowest BCUT2D eigenvalue weighted by molar-refractivity contribution is 0.0474. The average molecular weight is 273 g/mol. The lowest BCUT2D eigenvalue weighted by Crippen LogP contribution is -2.43. The van der Waals surface area contributed by atoms with Gasteiger partial charge in [0.2, 0.25) is 0 Å². The zero-order chi connectivity index (χ0) is 14.1. The molecule has 0 amide bonds. The van der Waals surface area contributed by atoms with Crippen LogP contribution in [0.1, 0.15) is 38.6 Å². The lowest BCUT2D eigenvalue weighted by Gasteiger charge is -2.37. The zero-order valence-corrected chi connectivity index (χ0v) is 12.2. The minimum Gasteiger partial charge on any atom is -0.458 e. The zero-order valence-electron chi connectivity index (χ0n) is 12.2. The SMILES string of the molecule is CC1CCC(C)N(CC(O)c2cc3ccccc3o2)C1. The van der Waals surface area contributed by atoms with E-state index in [4.69, 9.17) is 4.42 Å². The van der Waals surface area contributed by atoms with Crippen LogP contribution in [0.2, 0.25) is 0 Å². The fourth-order valence-electron chi connectivity index (χ4n) is 3.11. The van der Waals surface area contributed by atoms with E-state index in [9.17, 15) is 5.11 Å². The summed E-state index contributed by atoms with van der Waals surface area (Å²) in [5.74, 6) is 1.39. The molecule has 20 heavy (non-hydrogen) atoms. The maximum atomic E-state index is 10.4. The molecule has 1 fully saturated rings. The van der Waals surface area contributed by atoms with Crippen LogP contribution >= 0.6 is 0 Å². The number of fused-ring (bicyclic) bond motifs is 1. The minimum absolute atomic E-state index is 0.546. The molecule has 1 aromatic heterocycles. The van der Waals surface area contributed by atoms with Gasteiger partial charge >= 0.3 is 0 Å². The van der Waals surface area contributed by atoms with Crippen LogP contribution in [0.15, 0.2) is 34.7 Å². The number of benzene rings is 1. The van der Waals surface area contributed by atoms with Gasteiger partial charge in [-0.25, -0.2) is 0 Å². The highest BCUT2D eigenvalue weighted by molar-refractivity contribution is 5.77. The molecule has 1 aliphatic heterocycles. The molecule has 0 spiro atoms. The molecule has 2 heterocycles. The quantitative estimate of drug-likeness (QED) is 0.928. The molecule has 1 aliphatic rings. The highest BCUT2D eigenvalue weighted by Crippen LogP contribution is 2.27. The summed E-state index contributed by atoms with van der Waals surface area (Å²) in [5.41, 5.74) is 0.849. The number of likely N-dealkylation sites (tertiary alicyclic amines) is 1. The summed E-state index contributed by atoms with van der Waals surface area (Å²) in [6, 6.07) is 10.4. The molecule has 3 rings (SSSR count). The third-order valence-electron chi connectivity index (χ3n) is 4.43. The van der Waals surface area contributed by atoms with Gasteiger partial charge in [0.25, 0.3) is 0 Å². The van der Waals surface area contributed by atoms with Crippen molar-refractivity contribution in [3.8, 4) is 0 Å². The molecule has 1 saturated heterocycles. The number of para-hydroxylation sites is 1. The molecule has 0 bridgehead atoms. The number of rotatable bonds is 3. The third-order valence-corrected chi connectivity index (χ3v) is 4.43. The number of nitrogens with zero attached hydrogens (tertiary/aromatic N) is 1. The Morgan fingerprint density at radius 3 is 2.90 bits per heavy atom. The number of aliphatic hydroxyl groups excluding tert-OH is 1. The molecule has 3 unspecified atom stereocenters. The molecule has 108 valence electrons. The van der Waals surface area contributed by atoms with E-state index >= 15 is 0 Å². The molecule has 1 aromatic carbocycles. The van der Waals surface area contributed by atoms with E-state index < -0.39 is 6.10 Å². The highest BCUT2D eigenvalue weighted by Gasteiger charge is 2.26. The summed E-state index contributed by atoms with van der Waals surface area (Å²) in [6.07, 6.45) is 1.96. The molecule has 0 radical (unpaired) electrons. The number of furan rings is 1. The number of piperidine rings is 1. The average Bonchev–Trinajstić information content (AvgIpc) is 2.87. The van der Waals surface area contributed by atoms with Gasteiger partial charge in [0, 0.05) is 24.5 Å². The molecule has 3 nitrogen and oxygen atoms in total. The van der Waals surface area contributed by atoms with Crippen molar-refractivity contribution in [2.24, 2.45) is 5.92 Å². The second kappa shape index (κ2) is 5.58. The molecule has 0 aliphatic carbocycles. The van der Waals surface area contributed by atoms with Crippen molar-refractivity contribution in [2.75, 3.05) is 13.1 Å². The van der Waals surface area contributed by atoms with Gasteiger partial charge in [-0.1, -0.05) is 25.1 Å². The predicted octanol–water partition coefficient (Wildman–Crippen LogP) is 3.59. The third kappa shape index (κ3) is 2.74. The first-order valence-corrected chi connectivity index (χ1v) is 7.54. The highest BCUT2D eigenvalue weighted by atomic mass is 16.4. The van der Waals surface area contributed by atoms with Crippen LogP contribution in [0.25, 0.3) is 11.0 Å². The van der Waals surface area contributed by atoms with Crippen LogP contribution < -0.4 is 0 Å². The molecule has 2 aromatic rings. The summed E-state index contributed by atoms with van der Waals surface area (Å²) in [5, 5.41) is 11.5. The van der Waals surface area contributed by atoms with Crippen LogP contribution in [-0.2, 0) is 0 Å². The Kier molecular flexibility index (Phi) is 3.81. The summed E-state index contributed by atoms with van der Waals surface area (Å²) >= 11 is 0. The van der Waals surface area contributed by atoms with Gasteiger partial charge in [0.1, 0.15) is 17.4 Å². The Bertz CT molecular complexity index is 544. The van der Waals surface area contributed by atoms with Gasteiger partial charge < -0.3 is 9.52 Å². The largest absolute Gasteiger partial charge is 0.458 e. The summed E-state index contributed by atoms with van der Waals surface area (Å²) in [6.45, 7) is 6.26. The second-order valence-corrected chi connectivity index (χ2v) is 6.19. The van der Waals surface area contributed by atoms with Crippen LogP contribution in [0, 0.1) is 5.92 Å². The van der Waals surface area contributed by atoms with E-state index in [0.717, 1.165) is 17.5 Å². The smallest absolute Gasteiger partial charge is 0.135 e. The molecule has 3 heteroatoms. The van der Waals surface area contributed by atoms with Crippen molar-refractivity contribution in [1.82, 2.24) is 4.90 Å². The lowest BCUT2D eigenvalue weighted by atomic mass is 9.94. The normalized spacial score (nSPS) is 25.9. The second-order valence-electron chi connectivity index (χ2n) is 6.19. The maximum Gasteiger partial charge on any atom is 0.135 e. The van der Waals surface area contributed by atoms with Gasteiger partial charge in [-0.2, -0.15) is 0 Å². The summed E-state index contributed by atoms with van der Waals surface area (Å²) < 4.78 is 5.76. The van der Waals surface area contributed by atoms with E-state index in [-0.39, 0.29) is 0 Å². The first-order valence-electron chi connectivity index (χ1n) is 7.54. The number of aliphatic hydroxyl groups is 1. The van der Waals surface area contributed by atoms with E-state index in [1.54, 1.807) is 0 Å². The number of β-amino-alcohol motifs (C(OH)–C–C–N with tert-alkyl or cyclic N) is 1. The fraction of sp³-hybridized carbons (Fsp3) is 0.529. The molecule has 1 N–H and O–H groups in total. The Morgan fingerprint density at radius 2 is 2.10 bits per heavy atom. The summed E-state index contributed by atoms with van der Waals surface area (Å²) in [7, 11) is 0. The Balaban J connectivity index is 1.73. The molecule has 3 atom stereocenters. The van der Waals surface area contributed by atoms with Crippen molar-refractivity contribution >= 4 is 11.0 Å². The maximum absolute atomic E-state index is 10.4. The van der Waals surface area contributed by atoms with Gasteiger partial charge in [-0.05, 0) is 37.8 Å². The van der Waals surface area contributed by atoms with Gasteiger partial charge in [0.15, 0.2) is 0 Å². The van der Waals surface area contributed by atoms with Crippen LogP contribution in [0.5, 0.6) is 0 Å². The van der Waals surface area contributed by atoms with E-state index in [2.05, 4.69) is 18.7 Å². The number of hydrogen-bond donors (Lipinski definition) is 1. The standard InChI is InChI=1S/C17H23NO2/c1-12-7-8-13(2)18(10-12)11-15(19)17-9-14-5-3-4-6-16(14)20-17/h3-6,9,12-13,15,19H,7-8,10-11H2,1-2H3. The first-order chi connectivity index (χ1) is 9.63. The van der Waals surface area contributed by atoms with Crippen LogP contribution in [0.3, 0.4) is 0 Å². The predicted molar refractivity (Wildman–Crippen MR) is 80.6 cm³/mol. The van der Waals surface area contributed by atoms with Gasteiger partial charge in [-0.3, -0.25) is 4.90 Å². The van der Waals surface area contributed by atoms with Gasteiger partial charge in [0.05, 0.1) is 0 Å². The fourth-order valence-corrected chi connectivity index (χ4v) is 3.11.